The molecule has 0 aliphatic carbocycles. The van der Waals surface area contributed by atoms with Crippen LogP contribution in [0.4, 0.5) is 0 Å². The van der Waals surface area contributed by atoms with Gasteiger partial charge in [-0.1, -0.05) is 62.5 Å². The molecule has 0 saturated heterocycles. The molecule has 0 aliphatic heterocycles. The fourth-order valence-corrected chi connectivity index (χ4v) is 2.77. The zero-order chi connectivity index (χ0) is 18.2. The van der Waals surface area contributed by atoms with E-state index in [9.17, 15) is 5.11 Å². The molecular formula is C21H25N2OS+. The van der Waals surface area contributed by atoms with Crippen LogP contribution in [-0.2, 0) is 0 Å². The molecule has 0 saturated carbocycles. The van der Waals surface area contributed by atoms with E-state index in [4.69, 9.17) is 12.2 Å². The minimum Gasteiger partial charge on any atom is -0.502 e. The molecular weight excluding hydrogens is 328 g/mol. The van der Waals surface area contributed by atoms with Gasteiger partial charge >= 0.3 is 0 Å². The van der Waals surface area contributed by atoms with Crippen LogP contribution in [0.2, 0.25) is 0 Å². The molecule has 1 heterocycles. The standard InChI is InChI=1S/C21H24N2OS/c1-4-13-22-21(25)19(23-14-7-6-8-15-23)20(24)18-11-9-17(10-12-18)16(3)5-2/h4,6-12,14-16H,1,5,13H2,2-3H3,(H-,22,24,25)/p+1. The van der Waals surface area contributed by atoms with Gasteiger partial charge in [0.05, 0.1) is 0 Å². The van der Waals surface area contributed by atoms with Gasteiger partial charge in [-0.05, 0) is 17.9 Å². The molecule has 1 unspecified atom stereocenters. The molecule has 0 radical (unpaired) electrons. The second-order valence-electron chi connectivity index (χ2n) is 5.91. The zero-order valence-corrected chi connectivity index (χ0v) is 15.6. The average Bonchev–Trinajstić information content (AvgIpc) is 2.66. The smallest absolute Gasteiger partial charge is 0.287 e. The quantitative estimate of drug-likeness (QED) is 0.253. The van der Waals surface area contributed by atoms with Crippen LogP contribution in [0.5, 0.6) is 0 Å². The van der Waals surface area contributed by atoms with Crippen LogP contribution in [0.25, 0.3) is 11.5 Å². The number of aromatic nitrogens is 1. The van der Waals surface area contributed by atoms with Gasteiger partial charge in [-0.25, -0.2) is 0 Å². The Morgan fingerprint density at radius 2 is 1.88 bits per heavy atom. The molecule has 0 aliphatic rings. The molecule has 1 aromatic heterocycles. The maximum Gasteiger partial charge on any atom is 0.287 e. The highest BCUT2D eigenvalue weighted by Crippen LogP contribution is 2.22. The first kappa shape index (κ1) is 18.9. The van der Waals surface area contributed by atoms with Gasteiger partial charge in [0.2, 0.25) is 0 Å². The maximum absolute atomic E-state index is 10.9. The summed E-state index contributed by atoms with van der Waals surface area (Å²) in [5.41, 5.74) is 2.55. The Balaban J connectivity index is 2.46. The zero-order valence-electron chi connectivity index (χ0n) is 14.8. The average molecular weight is 354 g/mol. The lowest BCUT2D eigenvalue weighted by molar-refractivity contribution is -0.576. The van der Waals surface area contributed by atoms with Gasteiger partial charge in [-0.3, -0.25) is 0 Å². The number of pyridine rings is 1. The molecule has 0 bridgehead atoms. The molecule has 130 valence electrons. The lowest BCUT2D eigenvalue weighted by atomic mass is 9.97. The number of aliphatic hydroxyl groups excluding tert-OH is 1. The SMILES string of the molecule is C=CCNC(=S)/C(=C(\O)c1ccc(C(C)CC)cc1)[n+]1ccccc1. The highest BCUT2D eigenvalue weighted by molar-refractivity contribution is 7.81. The van der Waals surface area contributed by atoms with Crippen LogP contribution in [0, 0.1) is 0 Å². The summed E-state index contributed by atoms with van der Waals surface area (Å²) in [4.78, 5) is 0.472. The second kappa shape index (κ2) is 9.14. The van der Waals surface area contributed by atoms with Gasteiger partial charge < -0.3 is 10.4 Å². The van der Waals surface area contributed by atoms with Crippen molar-refractivity contribution in [2.24, 2.45) is 0 Å². The molecule has 0 fully saturated rings. The molecule has 0 spiro atoms. The summed E-state index contributed by atoms with van der Waals surface area (Å²) in [6.07, 6.45) is 6.54. The van der Waals surface area contributed by atoms with Gasteiger partial charge in [0, 0.05) is 24.2 Å². The Morgan fingerprint density at radius 3 is 2.44 bits per heavy atom. The van der Waals surface area contributed by atoms with Crippen LogP contribution < -0.4 is 9.88 Å². The predicted molar refractivity (Wildman–Crippen MR) is 108 cm³/mol. The largest absolute Gasteiger partial charge is 0.502 e. The van der Waals surface area contributed by atoms with E-state index in [1.165, 1.54) is 5.56 Å². The minimum atomic E-state index is 0.147. The second-order valence-corrected chi connectivity index (χ2v) is 6.32. The predicted octanol–water partition coefficient (Wildman–Crippen LogP) is 4.47. The fourth-order valence-electron chi connectivity index (χ4n) is 2.49. The normalized spacial score (nSPS) is 12.9. The molecule has 2 N–H and O–H groups in total. The topological polar surface area (TPSA) is 36.1 Å². The van der Waals surface area contributed by atoms with Crippen LogP contribution in [-0.4, -0.2) is 16.6 Å². The third kappa shape index (κ3) is 4.77. The summed E-state index contributed by atoms with van der Waals surface area (Å²) >= 11 is 5.49. The number of nitrogens with one attached hydrogen (secondary N) is 1. The van der Waals surface area contributed by atoms with Crippen LogP contribution in [0.3, 0.4) is 0 Å². The molecule has 1 atom stereocenters. The van der Waals surface area contributed by atoms with Crippen molar-refractivity contribution >= 4 is 28.7 Å². The summed E-state index contributed by atoms with van der Waals surface area (Å²) in [6, 6.07) is 13.7. The van der Waals surface area contributed by atoms with Crippen LogP contribution in [0.1, 0.15) is 37.3 Å². The van der Waals surface area contributed by atoms with Crippen LogP contribution in [0.15, 0.2) is 67.5 Å². The monoisotopic (exact) mass is 353 g/mol. The van der Waals surface area contributed by atoms with Crippen molar-refractivity contribution in [3.8, 4) is 0 Å². The Labute approximate surface area is 155 Å². The number of hydrogen-bond acceptors (Lipinski definition) is 2. The van der Waals surface area contributed by atoms with Gasteiger partial charge in [-0.15, -0.1) is 6.58 Å². The third-order valence-corrected chi connectivity index (χ3v) is 4.52. The van der Waals surface area contributed by atoms with Gasteiger partial charge in [0.1, 0.15) is 0 Å². The van der Waals surface area contributed by atoms with Crippen molar-refractivity contribution < 1.29 is 9.67 Å². The minimum absolute atomic E-state index is 0.147. The molecule has 25 heavy (non-hydrogen) atoms. The van der Waals surface area contributed by atoms with E-state index in [2.05, 4.69) is 37.9 Å². The first-order chi connectivity index (χ1) is 12.1. The van der Waals surface area contributed by atoms with Gasteiger partial charge in [0.25, 0.3) is 5.70 Å². The molecule has 4 heteroatoms. The first-order valence-electron chi connectivity index (χ1n) is 8.47. The van der Waals surface area contributed by atoms with E-state index in [0.717, 1.165) is 12.0 Å². The number of hydrogen-bond donors (Lipinski definition) is 2. The summed E-state index contributed by atoms with van der Waals surface area (Å²) in [5, 5.41) is 14.0. The number of nitrogens with zero attached hydrogens (tertiary/aromatic N) is 1. The van der Waals surface area contributed by atoms with Gasteiger partial charge in [0.15, 0.2) is 23.1 Å². The van der Waals surface area contributed by atoms with E-state index >= 15 is 0 Å². The van der Waals surface area contributed by atoms with Crippen molar-refractivity contribution in [3.63, 3.8) is 0 Å². The number of thiocarbonyl (C=S) groups is 1. The molecule has 3 nitrogen and oxygen atoms in total. The summed E-state index contributed by atoms with van der Waals surface area (Å²) in [7, 11) is 0. The Bertz CT molecular complexity index is 751. The fraction of sp³-hybridized carbons (Fsp3) is 0.238. The highest BCUT2D eigenvalue weighted by atomic mass is 32.1. The van der Waals surface area contributed by atoms with Crippen LogP contribution >= 0.6 is 12.2 Å². The van der Waals surface area contributed by atoms with E-state index in [0.29, 0.717) is 23.1 Å². The maximum atomic E-state index is 10.9. The summed E-state index contributed by atoms with van der Waals surface area (Å²) < 4.78 is 1.82. The summed E-state index contributed by atoms with van der Waals surface area (Å²) in [6.45, 7) is 8.60. The highest BCUT2D eigenvalue weighted by Gasteiger charge is 2.23. The Kier molecular flexibility index (Phi) is 6.90. The van der Waals surface area contributed by atoms with Crippen molar-refractivity contribution in [2.45, 2.75) is 26.2 Å². The third-order valence-electron chi connectivity index (χ3n) is 4.19. The van der Waals surface area contributed by atoms with E-state index in [1.54, 1.807) is 6.08 Å². The van der Waals surface area contributed by atoms with Crippen molar-refractivity contribution in [1.82, 2.24) is 5.32 Å². The molecule has 1 aromatic carbocycles. The lowest BCUT2D eigenvalue weighted by Crippen LogP contribution is -2.40. The Hall–Kier alpha value is -2.46. The van der Waals surface area contributed by atoms with Crippen molar-refractivity contribution in [3.05, 3.63) is 78.6 Å². The van der Waals surface area contributed by atoms with E-state index < -0.39 is 0 Å². The van der Waals surface area contributed by atoms with Gasteiger partial charge in [-0.2, -0.15) is 4.57 Å². The number of benzene rings is 1. The van der Waals surface area contributed by atoms with Crippen molar-refractivity contribution in [2.75, 3.05) is 6.54 Å². The number of aliphatic hydroxyl groups is 1. The molecule has 0 amide bonds. The lowest BCUT2D eigenvalue weighted by Gasteiger charge is -2.11. The molecule has 2 aromatic rings. The van der Waals surface area contributed by atoms with E-state index in [-0.39, 0.29) is 5.76 Å². The first-order valence-corrected chi connectivity index (χ1v) is 8.88. The summed E-state index contributed by atoms with van der Waals surface area (Å²) in [5.74, 6) is 0.645. The number of rotatable bonds is 7. The van der Waals surface area contributed by atoms with E-state index in [1.807, 2.05) is 47.3 Å². The Morgan fingerprint density at radius 1 is 1.24 bits per heavy atom. The molecule has 2 rings (SSSR count). The van der Waals surface area contributed by atoms with Crippen molar-refractivity contribution in [1.29, 1.82) is 0 Å².